The van der Waals surface area contributed by atoms with E-state index < -0.39 is 23.6 Å². The van der Waals surface area contributed by atoms with Gasteiger partial charge in [-0.25, -0.2) is 8.78 Å². The second-order valence-corrected chi connectivity index (χ2v) is 8.78. The summed E-state index contributed by atoms with van der Waals surface area (Å²) in [7, 11) is 0. The minimum Gasteiger partial charge on any atom is -0.491 e. The lowest BCUT2D eigenvalue weighted by molar-refractivity contribution is 0.0932. The predicted octanol–water partition coefficient (Wildman–Crippen LogP) is 3.89. The number of ether oxygens (including phenoxy) is 1. The Morgan fingerprint density at radius 3 is 2.56 bits per heavy atom. The first-order valence-electron chi connectivity index (χ1n) is 11.5. The number of carbonyl (C=O) groups is 1. The summed E-state index contributed by atoms with van der Waals surface area (Å²) >= 11 is 0. The van der Waals surface area contributed by atoms with Crippen LogP contribution in [-0.4, -0.2) is 44.8 Å². The number of aromatic nitrogens is 3. The van der Waals surface area contributed by atoms with Gasteiger partial charge in [0.15, 0.2) is 5.82 Å². The molecule has 0 radical (unpaired) electrons. The fourth-order valence-electron chi connectivity index (χ4n) is 4.08. The van der Waals surface area contributed by atoms with Crippen LogP contribution >= 0.6 is 0 Å². The average molecular weight is 470 g/mol. The molecule has 2 aromatic carbocycles. The molecule has 1 N–H and O–H groups in total. The number of hydrogen-bond donors (Lipinski definition) is 1. The molecule has 3 aromatic rings. The van der Waals surface area contributed by atoms with E-state index in [-0.39, 0.29) is 11.7 Å². The smallest absolute Gasteiger partial charge is 0.254 e. The summed E-state index contributed by atoms with van der Waals surface area (Å²) in [5, 5.41) is 11.3. The van der Waals surface area contributed by atoms with Crippen molar-refractivity contribution in [1.82, 2.24) is 25.0 Å². The summed E-state index contributed by atoms with van der Waals surface area (Å²) in [5.74, 6) is 0.165. The van der Waals surface area contributed by atoms with Crippen LogP contribution in [0.1, 0.15) is 54.4 Å². The third-order valence-electron chi connectivity index (χ3n) is 5.76. The van der Waals surface area contributed by atoms with Gasteiger partial charge in [-0.15, -0.1) is 10.2 Å². The first kappa shape index (κ1) is 23.8. The summed E-state index contributed by atoms with van der Waals surface area (Å²) in [6, 6.07) is 10.4. The van der Waals surface area contributed by atoms with Crippen molar-refractivity contribution in [3.63, 3.8) is 0 Å². The number of benzene rings is 2. The van der Waals surface area contributed by atoms with Gasteiger partial charge in [0.25, 0.3) is 5.91 Å². The van der Waals surface area contributed by atoms with Gasteiger partial charge in [-0.2, -0.15) is 0 Å². The zero-order chi connectivity index (χ0) is 24.2. The molecule has 0 bridgehead atoms. The highest BCUT2D eigenvalue weighted by Gasteiger charge is 2.24. The first-order chi connectivity index (χ1) is 16.3. The molecule has 0 saturated heterocycles. The molecule has 180 valence electrons. The Morgan fingerprint density at radius 1 is 1.06 bits per heavy atom. The average Bonchev–Trinajstić information content (AvgIpc) is 3.11. The Balaban J connectivity index is 1.39. The number of nitrogens with one attached hydrogen (secondary N) is 1. The van der Waals surface area contributed by atoms with Crippen LogP contribution in [0.5, 0.6) is 5.75 Å². The largest absolute Gasteiger partial charge is 0.491 e. The Bertz CT molecular complexity index is 1150. The standard InChI is InChI=1S/C25H29F2N5O2/c1-16(2)34-20-7-4-18(5-8-20)15-31-11-10-23-29-30-24(32(23)13-12-31)17(3)28-25(33)21-14-19(26)6-9-22(21)27/h4-9,14,16-17H,10-13,15H2,1-3H3,(H,28,33). The third-order valence-corrected chi connectivity index (χ3v) is 5.76. The fraction of sp³-hybridized carbons (Fsp3) is 0.400. The maximum atomic E-state index is 14.0. The quantitative estimate of drug-likeness (QED) is 0.568. The fourth-order valence-corrected chi connectivity index (χ4v) is 4.08. The summed E-state index contributed by atoms with van der Waals surface area (Å²) in [5.41, 5.74) is 0.866. The van der Waals surface area contributed by atoms with Gasteiger partial charge in [0.1, 0.15) is 23.2 Å². The van der Waals surface area contributed by atoms with Gasteiger partial charge in [-0.1, -0.05) is 12.1 Å². The summed E-state index contributed by atoms with van der Waals surface area (Å²) in [6.07, 6.45) is 0.863. The van der Waals surface area contributed by atoms with E-state index in [2.05, 4.69) is 32.5 Å². The highest BCUT2D eigenvalue weighted by molar-refractivity contribution is 5.94. The number of halogens is 2. The van der Waals surface area contributed by atoms with Crippen molar-refractivity contribution in [1.29, 1.82) is 0 Å². The van der Waals surface area contributed by atoms with Crippen LogP contribution in [0.25, 0.3) is 0 Å². The van der Waals surface area contributed by atoms with Gasteiger partial charge < -0.3 is 14.6 Å². The van der Waals surface area contributed by atoms with Crippen molar-refractivity contribution in [2.24, 2.45) is 0 Å². The predicted molar refractivity (Wildman–Crippen MR) is 123 cm³/mol. The Labute approximate surface area is 197 Å². The first-order valence-corrected chi connectivity index (χ1v) is 11.5. The molecule has 34 heavy (non-hydrogen) atoms. The highest BCUT2D eigenvalue weighted by Crippen LogP contribution is 2.19. The van der Waals surface area contributed by atoms with Crippen LogP contribution in [0.15, 0.2) is 42.5 Å². The highest BCUT2D eigenvalue weighted by atomic mass is 19.1. The van der Waals surface area contributed by atoms with E-state index in [1.807, 2.05) is 30.5 Å². The Kier molecular flexibility index (Phi) is 7.21. The van der Waals surface area contributed by atoms with Crippen LogP contribution in [0.4, 0.5) is 8.78 Å². The minimum absolute atomic E-state index is 0.140. The molecular weight excluding hydrogens is 440 g/mol. The van der Waals surface area contributed by atoms with E-state index in [0.29, 0.717) is 12.4 Å². The normalized spacial score (nSPS) is 15.0. The third kappa shape index (κ3) is 5.59. The maximum Gasteiger partial charge on any atom is 0.254 e. The van der Waals surface area contributed by atoms with Crippen LogP contribution < -0.4 is 10.1 Å². The molecule has 0 spiro atoms. The Hall–Kier alpha value is -3.33. The Morgan fingerprint density at radius 2 is 1.82 bits per heavy atom. The van der Waals surface area contributed by atoms with Crippen LogP contribution in [-0.2, 0) is 19.5 Å². The lowest BCUT2D eigenvalue weighted by atomic mass is 10.1. The van der Waals surface area contributed by atoms with Crippen molar-refractivity contribution in [3.8, 4) is 5.75 Å². The van der Waals surface area contributed by atoms with Crippen molar-refractivity contribution in [2.75, 3.05) is 13.1 Å². The molecule has 0 aliphatic carbocycles. The lowest BCUT2D eigenvalue weighted by Gasteiger charge is -2.20. The molecule has 4 rings (SSSR count). The topological polar surface area (TPSA) is 72.3 Å². The van der Waals surface area contributed by atoms with Crippen LogP contribution in [0, 0.1) is 11.6 Å². The lowest BCUT2D eigenvalue weighted by Crippen LogP contribution is -2.30. The van der Waals surface area contributed by atoms with Crippen LogP contribution in [0.2, 0.25) is 0 Å². The molecule has 1 amide bonds. The molecule has 0 fully saturated rings. The number of rotatable bonds is 7. The van der Waals surface area contributed by atoms with Crippen LogP contribution in [0.3, 0.4) is 0 Å². The van der Waals surface area contributed by atoms with Gasteiger partial charge in [0.2, 0.25) is 0 Å². The molecule has 2 heterocycles. The van der Waals surface area contributed by atoms with E-state index in [1.165, 1.54) is 5.56 Å². The second kappa shape index (κ2) is 10.3. The summed E-state index contributed by atoms with van der Waals surface area (Å²) < 4.78 is 35.2. The van der Waals surface area contributed by atoms with Gasteiger partial charge in [-0.3, -0.25) is 9.69 Å². The molecule has 7 nitrogen and oxygen atoms in total. The van der Waals surface area contributed by atoms with Gasteiger partial charge in [0, 0.05) is 32.6 Å². The van der Waals surface area contributed by atoms with Crippen molar-refractivity contribution < 1.29 is 18.3 Å². The molecule has 1 aliphatic rings. The number of nitrogens with zero attached hydrogens (tertiary/aromatic N) is 4. The van der Waals surface area contributed by atoms with E-state index >= 15 is 0 Å². The zero-order valence-electron chi connectivity index (χ0n) is 19.6. The van der Waals surface area contributed by atoms with Gasteiger partial charge in [0.05, 0.1) is 17.7 Å². The maximum absolute atomic E-state index is 14.0. The molecule has 0 saturated carbocycles. The minimum atomic E-state index is -0.773. The molecule has 9 heteroatoms. The SMILES string of the molecule is CC(C)Oc1ccc(CN2CCc3nnc(C(C)NC(=O)c4cc(F)ccc4F)n3CC2)cc1. The molecular formula is C25H29F2N5O2. The monoisotopic (exact) mass is 469 g/mol. The number of fused-ring (bicyclic) bond motifs is 1. The second-order valence-electron chi connectivity index (χ2n) is 8.78. The van der Waals surface area contributed by atoms with E-state index in [4.69, 9.17) is 4.74 Å². The van der Waals surface area contributed by atoms with Crippen molar-refractivity contribution in [2.45, 2.75) is 52.4 Å². The van der Waals surface area contributed by atoms with Crippen molar-refractivity contribution in [3.05, 3.63) is 76.9 Å². The number of hydrogen-bond acceptors (Lipinski definition) is 5. The molecule has 1 unspecified atom stereocenters. The van der Waals surface area contributed by atoms with E-state index in [9.17, 15) is 13.6 Å². The zero-order valence-corrected chi connectivity index (χ0v) is 19.6. The molecule has 1 aliphatic heterocycles. The molecule has 1 aromatic heterocycles. The van der Waals surface area contributed by atoms with E-state index in [0.717, 1.165) is 55.8 Å². The summed E-state index contributed by atoms with van der Waals surface area (Å²) in [6.45, 7) is 8.86. The van der Waals surface area contributed by atoms with Crippen molar-refractivity contribution >= 4 is 5.91 Å². The number of amides is 1. The molecule has 1 atom stereocenters. The number of carbonyl (C=O) groups excluding carboxylic acids is 1. The summed E-state index contributed by atoms with van der Waals surface area (Å²) in [4.78, 5) is 14.9. The van der Waals surface area contributed by atoms with Gasteiger partial charge in [-0.05, 0) is 56.7 Å². The van der Waals surface area contributed by atoms with Gasteiger partial charge >= 0.3 is 0 Å². The van der Waals surface area contributed by atoms with E-state index in [1.54, 1.807) is 6.92 Å².